The van der Waals surface area contributed by atoms with E-state index in [4.69, 9.17) is 4.74 Å². The number of aromatic nitrogens is 2. The summed E-state index contributed by atoms with van der Waals surface area (Å²) < 4.78 is 5.74. The highest BCUT2D eigenvalue weighted by atomic mass is 16.5. The Labute approximate surface area is 141 Å². The molecule has 2 aromatic heterocycles. The van der Waals surface area contributed by atoms with Crippen LogP contribution >= 0.6 is 0 Å². The number of morpholine rings is 1. The van der Waals surface area contributed by atoms with Crippen molar-refractivity contribution in [3.8, 4) is 0 Å². The first-order valence-corrected chi connectivity index (χ1v) is 8.11. The van der Waals surface area contributed by atoms with Gasteiger partial charge in [-0.2, -0.15) is 0 Å². The van der Waals surface area contributed by atoms with Gasteiger partial charge < -0.3 is 15.0 Å². The molecule has 6 nitrogen and oxygen atoms in total. The van der Waals surface area contributed by atoms with Crippen LogP contribution in [-0.2, 0) is 4.74 Å². The maximum absolute atomic E-state index is 12.2. The van der Waals surface area contributed by atoms with E-state index in [-0.39, 0.29) is 18.1 Å². The van der Waals surface area contributed by atoms with E-state index < -0.39 is 0 Å². The number of hydrogen-bond donors (Lipinski definition) is 1. The molecule has 126 valence electrons. The lowest BCUT2D eigenvalue weighted by molar-refractivity contribution is -0.00545. The van der Waals surface area contributed by atoms with Gasteiger partial charge >= 0.3 is 0 Å². The molecule has 3 heterocycles. The number of anilines is 2. The Balaban J connectivity index is 1.67. The molecule has 0 saturated carbocycles. The van der Waals surface area contributed by atoms with Crippen molar-refractivity contribution in [3.05, 3.63) is 47.9 Å². The molecule has 0 bridgehead atoms. The van der Waals surface area contributed by atoms with Crippen molar-refractivity contribution < 1.29 is 9.53 Å². The number of hydrogen-bond acceptors (Lipinski definition) is 5. The van der Waals surface area contributed by atoms with E-state index >= 15 is 0 Å². The Morgan fingerprint density at radius 3 is 2.58 bits per heavy atom. The molecule has 1 fully saturated rings. The number of nitrogens with zero attached hydrogens (tertiary/aromatic N) is 3. The third kappa shape index (κ3) is 3.89. The van der Waals surface area contributed by atoms with Gasteiger partial charge in [0.2, 0.25) is 0 Å². The molecule has 0 aromatic carbocycles. The lowest BCUT2D eigenvalue weighted by Crippen LogP contribution is -2.45. The lowest BCUT2D eigenvalue weighted by Gasteiger charge is -2.36. The van der Waals surface area contributed by atoms with Crippen molar-refractivity contribution in [1.29, 1.82) is 0 Å². The van der Waals surface area contributed by atoms with Crippen LogP contribution < -0.4 is 10.2 Å². The zero-order valence-corrected chi connectivity index (χ0v) is 14.2. The molecule has 1 aliphatic heterocycles. The highest BCUT2D eigenvalue weighted by Crippen LogP contribution is 2.20. The first kappa shape index (κ1) is 16.4. The van der Waals surface area contributed by atoms with Crippen LogP contribution in [0.1, 0.15) is 29.8 Å². The van der Waals surface area contributed by atoms with E-state index in [1.54, 1.807) is 24.7 Å². The second-order valence-corrected chi connectivity index (χ2v) is 6.27. The van der Waals surface area contributed by atoms with Crippen LogP contribution in [0.2, 0.25) is 0 Å². The minimum absolute atomic E-state index is 0.184. The van der Waals surface area contributed by atoms with Crippen LogP contribution in [-0.4, -0.2) is 41.2 Å². The van der Waals surface area contributed by atoms with Gasteiger partial charge in [-0.25, -0.2) is 4.98 Å². The van der Waals surface area contributed by atoms with Gasteiger partial charge in [-0.3, -0.25) is 9.78 Å². The minimum Gasteiger partial charge on any atom is -0.372 e. The third-order valence-electron chi connectivity index (χ3n) is 3.89. The first-order valence-electron chi connectivity index (χ1n) is 8.11. The summed E-state index contributed by atoms with van der Waals surface area (Å²) in [7, 11) is 0. The molecule has 3 rings (SSSR count). The Kier molecular flexibility index (Phi) is 4.76. The summed E-state index contributed by atoms with van der Waals surface area (Å²) in [6, 6.07) is 5.60. The molecule has 6 heteroatoms. The zero-order chi connectivity index (χ0) is 17.1. The van der Waals surface area contributed by atoms with Crippen LogP contribution in [0.4, 0.5) is 11.5 Å². The molecule has 2 unspecified atom stereocenters. The summed E-state index contributed by atoms with van der Waals surface area (Å²) in [6.45, 7) is 7.67. The number of aryl methyl sites for hydroxylation is 1. The quantitative estimate of drug-likeness (QED) is 0.939. The average Bonchev–Trinajstić information content (AvgIpc) is 2.54. The summed E-state index contributed by atoms with van der Waals surface area (Å²) in [4.78, 5) is 23.0. The summed E-state index contributed by atoms with van der Waals surface area (Å²) >= 11 is 0. The fourth-order valence-corrected chi connectivity index (χ4v) is 2.89. The molecule has 0 spiro atoms. The molecule has 1 N–H and O–H groups in total. The van der Waals surface area contributed by atoms with Crippen molar-refractivity contribution in [2.75, 3.05) is 23.3 Å². The normalized spacial score (nSPS) is 20.7. The molecule has 1 aliphatic rings. The molecular weight excluding hydrogens is 304 g/mol. The van der Waals surface area contributed by atoms with Gasteiger partial charge in [0.15, 0.2) is 0 Å². The van der Waals surface area contributed by atoms with Gasteiger partial charge in [0.25, 0.3) is 5.91 Å². The fraction of sp³-hybridized carbons (Fsp3) is 0.389. The summed E-state index contributed by atoms with van der Waals surface area (Å²) in [5.74, 6) is 0.710. The second-order valence-electron chi connectivity index (χ2n) is 6.27. The average molecular weight is 326 g/mol. The van der Waals surface area contributed by atoms with E-state index in [1.807, 2.05) is 19.1 Å². The molecule has 0 radical (unpaired) electrons. The highest BCUT2D eigenvalue weighted by Gasteiger charge is 2.23. The molecule has 2 atom stereocenters. The molecule has 2 aromatic rings. The summed E-state index contributed by atoms with van der Waals surface area (Å²) in [6.07, 6.45) is 5.33. The third-order valence-corrected chi connectivity index (χ3v) is 3.89. The van der Waals surface area contributed by atoms with E-state index in [1.165, 1.54) is 0 Å². The van der Waals surface area contributed by atoms with Gasteiger partial charge in [0.1, 0.15) is 5.82 Å². The van der Waals surface area contributed by atoms with Gasteiger partial charge in [-0.1, -0.05) is 0 Å². The first-order chi connectivity index (χ1) is 11.5. The Hall–Kier alpha value is -2.47. The maximum atomic E-state index is 12.2. The predicted molar refractivity (Wildman–Crippen MR) is 93.4 cm³/mol. The van der Waals surface area contributed by atoms with Gasteiger partial charge in [0, 0.05) is 25.5 Å². The van der Waals surface area contributed by atoms with Gasteiger partial charge in [0.05, 0.1) is 29.7 Å². The molecule has 1 amide bonds. The molecule has 1 saturated heterocycles. The smallest absolute Gasteiger partial charge is 0.257 e. The number of carbonyl (C=O) groups is 1. The van der Waals surface area contributed by atoms with Crippen LogP contribution in [0.15, 0.2) is 36.8 Å². The van der Waals surface area contributed by atoms with Crippen molar-refractivity contribution in [2.45, 2.75) is 33.0 Å². The van der Waals surface area contributed by atoms with Gasteiger partial charge in [-0.05, 0) is 44.5 Å². The van der Waals surface area contributed by atoms with Crippen molar-refractivity contribution >= 4 is 17.4 Å². The second kappa shape index (κ2) is 6.97. The summed E-state index contributed by atoms with van der Waals surface area (Å²) in [5.41, 5.74) is 2.15. The number of nitrogens with one attached hydrogen (secondary N) is 1. The van der Waals surface area contributed by atoms with Gasteiger partial charge in [-0.15, -0.1) is 0 Å². The monoisotopic (exact) mass is 326 g/mol. The molecular formula is C18H22N4O2. The number of amides is 1. The predicted octanol–water partition coefficient (Wildman–Crippen LogP) is 2.65. The number of carbonyl (C=O) groups excluding carboxylic acids is 1. The fourth-order valence-electron chi connectivity index (χ4n) is 2.89. The minimum atomic E-state index is -0.186. The lowest BCUT2D eigenvalue weighted by atomic mass is 10.2. The number of pyridine rings is 2. The standard InChI is InChI=1S/C18H22N4O2/c1-12-6-15(8-19-7-12)18(23)21-16-4-5-17(20-9-16)22-10-13(2)24-14(3)11-22/h4-9,13-14H,10-11H2,1-3H3,(H,21,23). The van der Waals surface area contributed by atoms with E-state index in [9.17, 15) is 4.79 Å². The Morgan fingerprint density at radius 1 is 1.21 bits per heavy atom. The SMILES string of the molecule is Cc1cncc(C(=O)Nc2ccc(N3CC(C)OC(C)C3)nc2)c1. The maximum Gasteiger partial charge on any atom is 0.257 e. The Bertz CT molecular complexity index is 707. The van der Waals surface area contributed by atoms with E-state index in [0.717, 1.165) is 24.5 Å². The van der Waals surface area contributed by atoms with Crippen molar-refractivity contribution in [3.63, 3.8) is 0 Å². The van der Waals surface area contributed by atoms with E-state index in [2.05, 4.69) is 34.0 Å². The van der Waals surface area contributed by atoms with Crippen LogP contribution in [0.25, 0.3) is 0 Å². The van der Waals surface area contributed by atoms with Crippen molar-refractivity contribution in [2.24, 2.45) is 0 Å². The molecule has 0 aliphatic carbocycles. The Morgan fingerprint density at radius 2 is 1.96 bits per heavy atom. The molecule has 24 heavy (non-hydrogen) atoms. The van der Waals surface area contributed by atoms with Crippen LogP contribution in [0, 0.1) is 6.92 Å². The van der Waals surface area contributed by atoms with E-state index in [0.29, 0.717) is 11.3 Å². The van der Waals surface area contributed by atoms with Crippen LogP contribution in [0.3, 0.4) is 0 Å². The van der Waals surface area contributed by atoms with Crippen LogP contribution in [0.5, 0.6) is 0 Å². The largest absolute Gasteiger partial charge is 0.372 e. The zero-order valence-electron chi connectivity index (χ0n) is 14.2. The number of ether oxygens (including phenoxy) is 1. The number of rotatable bonds is 3. The van der Waals surface area contributed by atoms with Crippen molar-refractivity contribution in [1.82, 2.24) is 9.97 Å². The summed E-state index contributed by atoms with van der Waals surface area (Å²) in [5, 5.41) is 2.85. The topological polar surface area (TPSA) is 67.4 Å². The highest BCUT2D eigenvalue weighted by molar-refractivity contribution is 6.04.